The highest BCUT2D eigenvalue weighted by molar-refractivity contribution is 6.34. The van der Waals surface area contributed by atoms with Crippen molar-refractivity contribution >= 4 is 29.9 Å². The SMILES string of the molecule is Bc1cn2nc3[nH]ncc3c2c(O)c1O. The molecule has 74 valence electrons. The maximum atomic E-state index is 9.79. The number of H-pyrrole nitrogens is 1. The van der Waals surface area contributed by atoms with E-state index in [9.17, 15) is 10.2 Å². The monoisotopic (exact) mass is 202 g/mol. The lowest BCUT2D eigenvalue weighted by Gasteiger charge is -2.03. The van der Waals surface area contributed by atoms with Gasteiger partial charge in [0.2, 0.25) is 0 Å². The van der Waals surface area contributed by atoms with Crippen LogP contribution >= 0.6 is 0 Å². The number of aromatic hydroxyl groups is 2. The largest absolute Gasteiger partial charge is 0.505 e. The fourth-order valence-corrected chi connectivity index (χ4v) is 1.68. The highest BCUT2D eigenvalue weighted by Gasteiger charge is 2.15. The number of nitrogens with zero attached hydrogens (tertiary/aromatic N) is 3. The molecule has 0 unspecified atom stereocenters. The minimum atomic E-state index is -0.168. The molecule has 7 heteroatoms. The van der Waals surface area contributed by atoms with E-state index in [-0.39, 0.29) is 11.5 Å². The fourth-order valence-electron chi connectivity index (χ4n) is 1.68. The minimum Gasteiger partial charge on any atom is -0.505 e. The first kappa shape index (κ1) is 8.16. The lowest BCUT2D eigenvalue weighted by Crippen LogP contribution is -2.07. The fraction of sp³-hybridized carbons (Fsp3) is 0. The second kappa shape index (κ2) is 2.44. The summed E-state index contributed by atoms with van der Waals surface area (Å²) < 4.78 is 1.52. The van der Waals surface area contributed by atoms with Crippen LogP contribution < -0.4 is 5.46 Å². The number of rotatable bonds is 0. The third-order valence-corrected chi connectivity index (χ3v) is 2.45. The van der Waals surface area contributed by atoms with Gasteiger partial charge in [0.1, 0.15) is 13.4 Å². The number of aromatic amines is 1. The van der Waals surface area contributed by atoms with Crippen molar-refractivity contribution < 1.29 is 10.2 Å². The van der Waals surface area contributed by atoms with Crippen molar-refractivity contribution in [3.8, 4) is 11.5 Å². The Balaban J connectivity index is 2.63. The van der Waals surface area contributed by atoms with Crippen molar-refractivity contribution in [1.29, 1.82) is 0 Å². The molecule has 0 saturated carbocycles. The molecule has 6 nitrogen and oxygen atoms in total. The van der Waals surface area contributed by atoms with Gasteiger partial charge in [0.15, 0.2) is 17.1 Å². The molecule has 0 aromatic carbocycles. The van der Waals surface area contributed by atoms with Crippen LogP contribution in [0.4, 0.5) is 0 Å². The van der Waals surface area contributed by atoms with Crippen LogP contribution in [-0.4, -0.2) is 37.9 Å². The van der Waals surface area contributed by atoms with Gasteiger partial charge in [0, 0.05) is 6.20 Å². The average Bonchev–Trinajstić information content (AvgIpc) is 2.73. The molecule has 0 radical (unpaired) electrons. The quantitative estimate of drug-likeness (QED) is 0.403. The Morgan fingerprint density at radius 2 is 2.13 bits per heavy atom. The first-order chi connectivity index (χ1) is 7.18. The molecule has 3 aromatic rings. The second-order valence-electron chi connectivity index (χ2n) is 3.43. The molecule has 3 N–H and O–H groups in total. The first-order valence-electron chi connectivity index (χ1n) is 4.41. The summed E-state index contributed by atoms with van der Waals surface area (Å²) in [6.07, 6.45) is 3.21. The van der Waals surface area contributed by atoms with Crippen molar-refractivity contribution in [1.82, 2.24) is 19.8 Å². The van der Waals surface area contributed by atoms with Gasteiger partial charge >= 0.3 is 0 Å². The summed E-state index contributed by atoms with van der Waals surface area (Å²) in [5.41, 5.74) is 1.61. The Hall–Kier alpha value is -2.18. The number of aromatic nitrogens is 4. The summed E-state index contributed by atoms with van der Waals surface area (Å²) in [5.74, 6) is -0.288. The van der Waals surface area contributed by atoms with Crippen LogP contribution in [0.15, 0.2) is 12.4 Å². The lowest BCUT2D eigenvalue weighted by atomic mass is 9.97. The van der Waals surface area contributed by atoms with E-state index in [0.717, 1.165) is 0 Å². The Labute approximate surface area is 84.6 Å². The standard InChI is InChI=1S/C8H7BN4O2/c9-4-2-13-5(7(15)6(4)14)3-1-10-11-8(3)12-13/h1-2,14-15H,9H2,(H,11,12). The van der Waals surface area contributed by atoms with E-state index in [0.29, 0.717) is 22.0 Å². The first-order valence-corrected chi connectivity index (χ1v) is 4.41. The molecule has 0 aliphatic carbocycles. The number of hydrogen-bond donors (Lipinski definition) is 3. The third-order valence-electron chi connectivity index (χ3n) is 2.45. The van der Waals surface area contributed by atoms with E-state index in [1.165, 1.54) is 4.52 Å². The lowest BCUT2D eigenvalue weighted by molar-refractivity contribution is 0.408. The molecule has 0 saturated heterocycles. The van der Waals surface area contributed by atoms with Gasteiger partial charge in [0.05, 0.1) is 11.6 Å². The van der Waals surface area contributed by atoms with Crippen LogP contribution in [0.25, 0.3) is 16.6 Å². The van der Waals surface area contributed by atoms with Gasteiger partial charge in [-0.15, -0.1) is 5.10 Å². The van der Waals surface area contributed by atoms with E-state index in [4.69, 9.17) is 0 Å². The van der Waals surface area contributed by atoms with Crippen LogP contribution in [0, 0.1) is 0 Å². The smallest absolute Gasteiger partial charge is 0.184 e. The summed E-state index contributed by atoms with van der Waals surface area (Å²) in [5, 5.41) is 30.7. The molecule has 0 fully saturated rings. The van der Waals surface area contributed by atoms with Crippen LogP contribution in [0.3, 0.4) is 0 Å². The maximum absolute atomic E-state index is 9.79. The zero-order chi connectivity index (χ0) is 10.6. The minimum absolute atomic E-state index is 0.120. The maximum Gasteiger partial charge on any atom is 0.184 e. The number of pyridine rings is 1. The molecule has 0 spiro atoms. The molecular weight excluding hydrogens is 195 g/mol. The van der Waals surface area contributed by atoms with E-state index in [1.807, 2.05) is 0 Å². The van der Waals surface area contributed by atoms with E-state index in [1.54, 1.807) is 20.2 Å². The van der Waals surface area contributed by atoms with Crippen molar-refractivity contribution in [3.63, 3.8) is 0 Å². The van der Waals surface area contributed by atoms with E-state index >= 15 is 0 Å². The topological polar surface area (TPSA) is 86.4 Å². The summed E-state index contributed by atoms with van der Waals surface area (Å²) in [6, 6.07) is 0. The predicted octanol–water partition coefficient (Wildman–Crippen LogP) is -1.12. The molecule has 3 rings (SSSR count). The Kier molecular flexibility index (Phi) is 1.33. The molecule has 3 heterocycles. The normalized spacial score (nSPS) is 11.5. The number of fused-ring (bicyclic) bond motifs is 3. The van der Waals surface area contributed by atoms with E-state index in [2.05, 4.69) is 15.3 Å². The second-order valence-corrected chi connectivity index (χ2v) is 3.43. The van der Waals surface area contributed by atoms with Gasteiger partial charge in [-0.25, -0.2) is 4.52 Å². The zero-order valence-electron chi connectivity index (χ0n) is 7.89. The predicted molar refractivity (Wildman–Crippen MR) is 56.4 cm³/mol. The highest BCUT2D eigenvalue weighted by Crippen LogP contribution is 2.31. The average molecular weight is 202 g/mol. The molecule has 15 heavy (non-hydrogen) atoms. The van der Waals surface area contributed by atoms with Crippen molar-refractivity contribution in [2.45, 2.75) is 0 Å². The van der Waals surface area contributed by atoms with Crippen molar-refractivity contribution in [2.24, 2.45) is 0 Å². The van der Waals surface area contributed by atoms with Gasteiger partial charge in [-0.3, -0.25) is 5.10 Å². The number of hydrogen-bond acceptors (Lipinski definition) is 4. The highest BCUT2D eigenvalue weighted by atomic mass is 16.3. The molecule has 0 aliphatic rings. The van der Waals surface area contributed by atoms with Crippen LogP contribution in [0.1, 0.15) is 0 Å². The Bertz CT molecular complexity index is 672. The van der Waals surface area contributed by atoms with Crippen molar-refractivity contribution in [2.75, 3.05) is 0 Å². The van der Waals surface area contributed by atoms with Crippen LogP contribution in [-0.2, 0) is 0 Å². The van der Waals surface area contributed by atoms with Gasteiger partial charge in [0.25, 0.3) is 0 Å². The Morgan fingerprint density at radius 1 is 1.33 bits per heavy atom. The molecular formula is C8H7BN4O2. The molecule has 0 atom stereocenters. The van der Waals surface area contributed by atoms with Gasteiger partial charge in [-0.2, -0.15) is 5.10 Å². The summed E-state index contributed by atoms with van der Waals surface area (Å²) in [7, 11) is 1.70. The third kappa shape index (κ3) is 0.889. The molecule has 0 bridgehead atoms. The molecule has 0 aliphatic heterocycles. The van der Waals surface area contributed by atoms with Gasteiger partial charge in [-0.05, 0) is 5.46 Å². The molecule has 3 aromatic heterocycles. The van der Waals surface area contributed by atoms with Gasteiger partial charge < -0.3 is 10.2 Å². The van der Waals surface area contributed by atoms with Crippen LogP contribution in [0.2, 0.25) is 0 Å². The van der Waals surface area contributed by atoms with Crippen LogP contribution in [0.5, 0.6) is 11.5 Å². The van der Waals surface area contributed by atoms with E-state index < -0.39 is 0 Å². The summed E-state index contributed by atoms with van der Waals surface area (Å²) >= 11 is 0. The summed E-state index contributed by atoms with van der Waals surface area (Å²) in [6.45, 7) is 0. The van der Waals surface area contributed by atoms with Gasteiger partial charge in [-0.1, -0.05) is 0 Å². The summed E-state index contributed by atoms with van der Waals surface area (Å²) in [4.78, 5) is 0. The zero-order valence-corrected chi connectivity index (χ0v) is 7.89. The molecule has 0 amide bonds. The van der Waals surface area contributed by atoms with Crippen molar-refractivity contribution in [3.05, 3.63) is 12.4 Å². The number of nitrogens with one attached hydrogen (secondary N) is 1. The Morgan fingerprint density at radius 3 is 2.93 bits per heavy atom.